The summed E-state index contributed by atoms with van der Waals surface area (Å²) in [5.41, 5.74) is 0.531. The molecule has 1 saturated heterocycles. The number of hydrogen-bond donors (Lipinski definition) is 1. The van der Waals surface area contributed by atoms with Crippen LogP contribution in [0.25, 0.3) is 0 Å². The Balaban J connectivity index is 1.92. The van der Waals surface area contributed by atoms with Gasteiger partial charge in [0, 0.05) is 31.7 Å². The van der Waals surface area contributed by atoms with Crippen LogP contribution in [0.5, 0.6) is 0 Å². The van der Waals surface area contributed by atoms with E-state index in [0.717, 1.165) is 11.8 Å². The van der Waals surface area contributed by atoms with Gasteiger partial charge in [0.05, 0.1) is 0 Å². The first kappa shape index (κ1) is 13.4. The van der Waals surface area contributed by atoms with Crippen LogP contribution in [0.15, 0.2) is 0 Å². The van der Waals surface area contributed by atoms with Crippen molar-refractivity contribution >= 4 is 0 Å². The van der Waals surface area contributed by atoms with E-state index in [1.54, 1.807) is 0 Å². The molecule has 0 bridgehead atoms. The summed E-state index contributed by atoms with van der Waals surface area (Å²) in [6, 6.07) is 0. The van der Waals surface area contributed by atoms with E-state index >= 15 is 0 Å². The molecule has 100 valence electrons. The van der Waals surface area contributed by atoms with Gasteiger partial charge in [-0.05, 0) is 31.1 Å². The normalized spacial score (nSPS) is 26.8. The highest BCUT2D eigenvalue weighted by atomic mass is 15.3. The molecule has 1 atom stereocenters. The lowest BCUT2D eigenvalue weighted by Crippen LogP contribution is -2.60. The summed E-state index contributed by atoms with van der Waals surface area (Å²) in [7, 11) is 0. The molecule has 1 aliphatic carbocycles. The molecular formula is C15H30N2. The second-order valence-electron chi connectivity index (χ2n) is 6.79. The van der Waals surface area contributed by atoms with Crippen LogP contribution in [0.2, 0.25) is 0 Å². The second-order valence-corrected chi connectivity index (χ2v) is 6.79. The molecule has 0 aromatic rings. The van der Waals surface area contributed by atoms with Crippen molar-refractivity contribution in [3.63, 3.8) is 0 Å². The van der Waals surface area contributed by atoms with Gasteiger partial charge in [0.1, 0.15) is 0 Å². The summed E-state index contributed by atoms with van der Waals surface area (Å²) in [6.07, 6.45) is 7.11. The summed E-state index contributed by atoms with van der Waals surface area (Å²) in [6.45, 7) is 12.1. The fraction of sp³-hybridized carbons (Fsp3) is 1.00. The third-order valence-corrected chi connectivity index (χ3v) is 4.62. The molecule has 0 radical (unpaired) electrons. The standard InChI is InChI=1S/C15H30N2/c1-13(2)10-14(3)11-17-9-8-16-12-15(17)6-4-5-7-15/h13-14,16H,4-12H2,1-3H3. The Bertz CT molecular complexity index is 231. The first-order valence-electron chi connectivity index (χ1n) is 7.58. The maximum atomic E-state index is 3.62. The lowest BCUT2D eigenvalue weighted by molar-refractivity contribution is 0.0486. The van der Waals surface area contributed by atoms with Crippen molar-refractivity contribution in [2.75, 3.05) is 26.2 Å². The second kappa shape index (κ2) is 5.71. The van der Waals surface area contributed by atoms with Gasteiger partial charge >= 0.3 is 0 Å². The number of nitrogens with one attached hydrogen (secondary N) is 1. The van der Waals surface area contributed by atoms with E-state index in [1.807, 2.05) is 0 Å². The van der Waals surface area contributed by atoms with Gasteiger partial charge in [0.15, 0.2) is 0 Å². The van der Waals surface area contributed by atoms with E-state index in [2.05, 4.69) is 31.0 Å². The number of hydrogen-bond acceptors (Lipinski definition) is 2. The molecule has 0 aromatic heterocycles. The van der Waals surface area contributed by atoms with Crippen LogP contribution in [-0.4, -0.2) is 36.6 Å². The summed E-state index contributed by atoms with van der Waals surface area (Å²) >= 11 is 0. The third-order valence-electron chi connectivity index (χ3n) is 4.62. The van der Waals surface area contributed by atoms with Crippen LogP contribution in [0.4, 0.5) is 0 Å². The number of piperazine rings is 1. The zero-order chi connectivity index (χ0) is 12.3. The zero-order valence-corrected chi connectivity index (χ0v) is 12.0. The molecule has 2 aliphatic rings. The minimum Gasteiger partial charge on any atom is -0.314 e. The lowest BCUT2D eigenvalue weighted by Gasteiger charge is -2.46. The van der Waals surface area contributed by atoms with Crippen molar-refractivity contribution in [3.8, 4) is 0 Å². The van der Waals surface area contributed by atoms with Crippen LogP contribution >= 0.6 is 0 Å². The van der Waals surface area contributed by atoms with Gasteiger partial charge in [-0.2, -0.15) is 0 Å². The fourth-order valence-electron chi connectivity index (χ4n) is 3.95. The van der Waals surface area contributed by atoms with Gasteiger partial charge in [-0.15, -0.1) is 0 Å². The molecule has 1 aliphatic heterocycles. The zero-order valence-electron chi connectivity index (χ0n) is 12.0. The van der Waals surface area contributed by atoms with E-state index in [4.69, 9.17) is 0 Å². The Hall–Kier alpha value is -0.0800. The van der Waals surface area contributed by atoms with Crippen molar-refractivity contribution in [2.24, 2.45) is 11.8 Å². The average molecular weight is 238 g/mol. The molecular weight excluding hydrogens is 208 g/mol. The van der Waals surface area contributed by atoms with Crippen molar-refractivity contribution < 1.29 is 0 Å². The quantitative estimate of drug-likeness (QED) is 0.810. The van der Waals surface area contributed by atoms with E-state index in [1.165, 1.54) is 58.3 Å². The lowest BCUT2D eigenvalue weighted by atomic mass is 9.90. The van der Waals surface area contributed by atoms with Crippen molar-refractivity contribution in [1.82, 2.24) is 10.2 Å². The maximum Gasteiger partial charge on any atom is 0.0334 e. The largest absolute Gasteiger partial charge is 0.314 e. The number of rotatable bonds is 4. The summed E-state index contributed by atoms with van der Waals surface area (Å²) < 4.78 is 0. The van der Waals surface area contributed by atoms with E-state index in [0.29, 0.717) is 5.54 Å². The molecule has 17 heavy (non-hydrogen) atoms. The number of nitrogens with zero attached hydrogens (tertiary/aromatic N) is 1. The van der Waals surface area contributed by atoms with E-state index in [-0.39, 0.29) is 0 Å². The summed E-state index contributed by atoms with van der Waals surface area (Å²) in [5, 5.41) is 3.62. The Morgan fingerprint density at radius 1 is 1.18 bits per heavy atom. The monoisotopic (exact) mass is 238 g/mol. The first-order chi connectivity index (χ1) is 8.12. The van der Waals surface area contributed by atoms with Gasteiger partial charge in [0.2, 0.25) is 0 Å². The smallest absolute Gasteiger partial charge is 0.0334 e. The molecule has 0 aromatic carbocycles. The molecule has 1 saturated carbocycles. The Morgan fingerprint density at radius 3 is 2.53 bits per heavy atom. The predicted molar refractivity (Wildman–Crippen MR) is 74.3 cm³/mol. The van der Waals surface area contributed by atoms with Crippen LogP contribution in [0.3, 0.4) is 0 Å². The van der Waals surface area contributed by atoms with Gasteiger partial charge in [-0.25, -0.2) is 0 Å². The van der Waals surface area contributed by atoms with Gasteiger partial charge in [-0.3, -0.25) is 4.90 Å². The van der Waals surface area contributed by atoms with E-state index < -0.39 is 0 Å². The fourth-order valence-corrected chi connectivity index (χ4v) is 3.95. The molecule has 1 heterocycles. The minimum atomic E-state index is 0.531. The van der Waals surface area contributed by atoms with E-state index in [9.17, 15) is 0 Å². The topological polar surface area (TPSA) is 15.3 Å². The Morgan fingerprint density at radius 2 is 1.88 bits per heavy atom. The highest BCUT2D eigenvalue weighted by Gasteiger charge is 2.41. The predicted octanol–water partition coefficient (Wildman–Crippen LogP) is 2.89. The first-order valence-corrected chi connectivity index (χ1v) is 7.58. The molecule has 2 heteroatoms. The molecule has 2 nitrogen and oxygen atoms in total. The molecule has 1 spiro atoms. The SMILES string of the molecule is CC(C)CC(C)CN1CCNCC12CCCC2. The van der Waals surface area contributed by atoms with Crippen molar-refractivity contribution in [2.45, 2.75) is 58.4 Å². The summed E-state index contributed by atoms with van der Waals surface area (Å²) in [5.74, 6) is 1.69. The molecule has 0 amide bonds. The van der Waals surface area contributed by atoms with Crippen molar-refractivity contribution in [1.29, 1.82) is 0 Å². The van der Waals surface area contributed by atoms with Crippen LogP contribution < -0.4 is 5.32 Å². The molecule has 1 N–H and O–H groups in total. The minimum absolute atomic E-state index is 0.531. The maximum absolute atomic E-state index is 3.62. The van der Waals surface area contributed by atoms with Gasteiger partial charge < -0.3 is 5.32 Å². The third kappa shape index (κ3) is 3.23. The molecule has 2 fully saturated rings. The van der Waals surface area contributed by atoms with Gasteiger partial charge in [0.25, 0.3) is 0 Å². The van der Waals surface area contributed by atoms with Crippen LogP contribution in [-0.2, 0) is 0 Å². The summed E-state index contributed by atoms with van der Waals surface area (Å²) in [4.78, 5) is 2.82. The average Bonchev–Trinajstić information content (AvgIpc) is 2.70. The molecule has 1 unspecified atom stereocenters. The highest BCUT2D eigenvalue weighted by Crippen LogP contribution is 2.36. The molecule has 2 rings (SSSR count). The van der Waals surface area contributed by atoms with Gasteiger partial charge in [-0.1, -0.05) is 33.6 Å². The van der Waals surface area contributed by atoms with Crippen LogP contribution in [0, 0.1) is 11.8 Å². The Labute approximate surface area is 107 Å². The van der Waals surface area contributed by atoms with Crippen LogP contribution in [0.1, 0.15) is 52.9 Å². The highest BCUT2D eigenvalue weighted by molar-refractivity contribution is 4.99. The van der Waals surface area contributed by atoms with Crippen molar-refractivity contribution in [3.05, 3.63) is 0 Å². The Kier molecular flexibility index (Phi) is 4.48.